The first-order chi connectivity index (χ1) is 29.5. The molecule has 2 nitrogen and oxygen atoms in total. The monoisotopic (exact) mass is 938 g/mol. The Hall–Kier alpha value is -5.18. The summed E-state index contributed by atoms with van der Waals surface area (Å²) in [5, 5.41) is 0. The van der Waals surface area contributed by atoms with Gasteiger partial charge in [-0.05, 0) is 0 Å². The minimum atomic E-state index is -1.46. The quantitative estimate of drug-likeness (QED) is 0.152. The van der Waals surface area contributed by atoms with Crippen molar-refractivity contribution in [3.63, 3.8) is 0 Å². The minimum absolute atomic E-state index is 0. The van der Waals surface area contributed by atoms with E-state index in [0.717, 1.165) is 34.2 Å². The molecule has 0 N–H and O–H groups in total. The van der Waals surface area contributed by atoms with Gasteiger partial charge >= 0.3 is 375 Å². The summed E-state index contributed by atoms with van der Waals surface area (Å²) in [5.74, 6) is 3.70. The summed E-state index contributed by atoms with van der Waals surface area (Å²) in [4.78, 5) is 0. The van der Waals surface area contributed by atoms with Crippen LogP contribution in [0.4, 0.5) is 0 Å². The fraction of sp³-hybridized carbons (Fsp3) is 0.172. The number of furan rings is 2. The van der Waals surface area contributed by atoms with Crippen LogP contribution in [0.2, 0.25) is 0 Å². The molecule has 10 rings (SSSR count). The smallest absolute Gasteiger partial charge is 1.00 e. The van der Waals surface area contributed by atoms with Crippen molar-refractivity contribution in [2.45, 2.75) is 59.6 Å². The van der Waals surface area contributed by atoms with E-state index in [9.17, 15) is 0 Å². The van der Waals surface area contributed by atoms with Crippen LogP contribution in [0.15, 0.2) is 179 Å². The van der Waals surface area contributed by atoms with Crippen LogP contribution < -0.4 is 24.8 Å². The Morgan fingerprint density at radius 2 is 0.730 bits per heavy atom. The second-order valence-electron chi connectivity index (χ2n) is 18.6. The van der Waals surface area contributed by atoms with Crippen LogP contribution in [0.1, 0.15) is 93.7 Å². The first-order valence-electron chi connectivity index (χ1n) is 21.5. The number of fused-ring (bicyclic) bond motifs is 2. The zero-order valence-corrected chi connectivity index (χ0v) is 40.5. The standard InChI is InChI=1S/2C29H25O.2ClH.Zr/c2*1-29(2,3)24-14-12-20(13-15-24)25-11-7-10-22-18-23(19-26(22)25)28-17-16-27(30-28)21-8-5-4-6-9-21;;;/h2*4-19H,1-3H3;2*1H;/q;;;;+2/p-2. The molecule has 0 aliphatic heterocycles. The molecule has 0 radical (unpaired) electrons. The van der Waals surface area contributed by atoms with E-state index in [1.54, 1.807) is 0 Å². The van der Waals surface area contributed by atoms with Crippen LogP contribution >= 0.6 is 0 Å². The summed E-state index contributed by atoms with van der Waals surface area (Å²) < 4.78 is 14.2. The molecule has 8 aromatic rings. The molecule has 63 heavy (non-hydrogen) atoms. The van der Waals surface area contributed by atoms with E-state index in [1.807, 2.05) is 0 Å². The van der Waals surface area contributed by atoms with Crippen molar-refractivity contribution in [3.8, 4) is 44.9 Å². The van der Waals surface area contributed by atoms with E-state index in [4.69, 9.17) is 8.83 Å². The average Bonchev–Trinajstić information content (AvgIpc) is 4.10. The van der Waals surface area contributed by atoms with Crippen molar-refractivity contribution in [1.82, 2.24) is 0 Å². The van der Waals surface area contributed by atoms with Crippen LogP contribution in [-0.2, 0) is 34.1 Å². The fourth-order valence-electron chi connectivity index (χ4n) is 9.06. The molecule has 312 valence electrons. The molecule has 2 unspecified atom stereocenters. The maximum atomic E-state index is 6.85. The number of benzene rings is 6. The van der Waals surface area contributed by atoms with Crippen molar-refractivity contribution in [1.29, 1.82) is 0 Å². The Balaban J connectivity index is 0.00000272. The van der Waals surface area contributed by atoms with Gasteiger partial charge in [-0.15, -0.1) is 0 Å². The van der Waals surface area contributed by atoms with Crippen LogP contribution in [0.25, 0.3) is 68.2 Å². The van der Waals surface area contributed by atoms with Gasteiger partial charge in [-0.25, -0.2) is 0 Å². The Bertz CT molecular complexity index is 2740. The predicted molar refractivity (Wildman–Crippen MR) is 251 cm³/mol. The first kappa shape index (κ1) is 44.4. The van der Waals surface area contributed by atoms with Gasteiger partial charge < -0.3 is 24.8 Å². The summed E-state index contributed by atoms with van der Waals surface area (Å²) >= 11 is -1.46. The molecule has 6 aromatic carbocycles. The zero-order chi connectivity index (χ0) is 41.9. The van der Waals surface area contributed by atoms with E-state index in [0.29, 0.717) is 0 Å². The molecule has 0 saturated heterocycles. The molecule has 2 heterocycles. The Kier molecular flexibility index (Phi) is 12.5. The SMILES string of the molecule is CC(C)(C)c1ccc(-c2cccc3c2C=C(c2ccc(-c4ccccc4)o2)[CH]3[Zr+2][CH]2C(c3ccc(-c4ccccc4)o3)=Cc3c(-c4ccc(C(C)(C)C)cc4)cccc32)cc1.[Cl-].[Cl-]. The van der Waals surface area contributed by atoms with Gasteiger partial charge in [0, 0.05) is 0 Å². The minimum Gasteiger partial charge on any atom is -1.00 e. The van der Waals surface area contributed by atoms with Crippen molar-refractivity contribution in [2.24, 2.45) is 0 Å². The molecular weight excluding hydrogens is 891 g/mol. The van der Waals surface area contributed by atoms with Crippen molar-refractivity contribution >= 4 is 23.3 Å². The molecule has 2 aliphatic rings. The van der Waals surface area contributed by atoms with E-state index in [2.05, 4.69) is 224 Å². The summed E-state index contributed by atoms with van der Waals surface area (Å²) in [7, 11) is 0. The topological polar surface area (TPSA) is 26.3 Å². The van der Waals surface area contributed by atoms with E-state index >= 15 is 0 Å². The first-order valence-corrected chi connectivity index (χ1v) is 24.3. The number of rotatable bonds is 8. The zero-order valence-electron chi connectivity index (χ0n) is 36.5. The van der Waals surface area contributed by atoms with Crippen molar-refractivity contribution in [2.75, 3.05) is 0 Å². The third kappa shape index (κ3) is 8.61. The van der Waals surface area contributed by atoms with Gasteiger partial charge in [0.05, 0.1) is 0 Å². The Morgan fingerprint density at radius 1 is 0.365 bits per heavy atom. The normalized spacial score (nSPS) is 15.3. The van der Waals surface area contributed by atoms with Crippen LogP contribution in [0.3, 0.4) is 0 Å². The average molecular weight is 941 g/mol. The molecule has 5 heteroatoms. The molecule has 2 aliphatic carbocycles. The molecule has 0 saturated carbocycles. The summed E-state index contributed by atoms with van der Waals surface area (Å²) in [6.07, 6.45) is 4.91. The Labute approximate surface area is 396 Å². The molecule has 2 atom stereocenters. The van der Waals surface area contributed by atoms with Crippen molar-refractivity contribution in [3.05, 3.63) is 215 Å². The number of hydrogen-bond donors (Lipinski definition) is 0. The van der Waals surface area contributed by atoms with Crippen LogP contribution in [0.5, 0.6) is 0 Å². The molecule has 0 amide bonds. The maximum Gasteiger partial charge on any atom is -1.00 e. The summed E-state index contributed by atoms with van der Waals surface area (Å²) in [6, 6.07) is 61.9. The fourth-order valence-corrected chi connectivity index (χ4v) is 14.0. The van der Waals surface area contributed by atoms with Crippen molar-refractivity contribution < 1.29 is 56.9 Å². The van der Waals surface area contributed by atoms with E-state index in [-0.39, 0.29) is 42.9 Å². The summed E-state index contributed by atoms with van der Waals surface area (Å²) in [6.45, 7) is 13.7. The van der Waals surface area contributed by atoms with Gasteiger partial charge in [-0.2, -0.15) is 0 Å². The number of allylic oxidation sites excluding steroid dienone is 2. The predicted octanol–water partition coefficient (Wildman–Crippen LogP) is 10.1. The van der Waals surface area contributed by atoms with Crippen LogP contribution in [-0.4, -0.2) is 0 Å². The molecule has 0 bridgehead atoms. The molecule has 0 fully saturated rings. The third-order valence-corrected chi connectivity index (χ3v) is 17.2. The maximum absolute atomic E-state index is 6.85. The van der Waals surface area contributed by atoms with Gasteiger partial charge in [-0.3, -0.25) is 0 Å². The number of halogens is 2. The number of hydrogen-bond acceptors (Lipinski definition) is 2. The summed E-state index contributed by atoms with van der Waals surface area (Å²) in [5.41, 5.74) is 18.1. The molecular formula is C58H50Cl2O2Zr. The van der Waals surface area contributed by atoms with Gasteiger partial charge in [0.2, 0.25) is 0 Å². The van der Waals surface area contributed by atoms with Crippen LogP contribution in [0, 0.1) is 0 Å². The van der Waals surface area contributed by atoms with Gasteiger partial charge in [0.1, 0.15) is 0 Å². The van der Waals surface area contributed by atoms with Gasteiger partial charge in [0.15, 0.2) is 0 Å². The molecule has 0 spiro atoms. The largest absolute Gasteiger partial charge is 1.00 e. The Morgan fingerprint density at radius 3 is 1.10 bits per heavy atom. The third-order valence-electron chi connectivity index (χ3n) is 12.5. The second-order valence-corrected chi connectivity index (χ2v) is 22.2. The van der Waals surface area contributed by atoms with E-state index < -0.39 is 23.2 Å². The second kappa shape index (κ2) is 17.8. The van der Waals surface area contributed by atoms with Gasteiger partial charge in [0.25, 0.3) is 0 Å². The van der Waals surface area contributed by atoms with Gasteiger partial charge in [-0.1, -0.05) is 0 Å². The molecule has 2 aromatic heterocycles. The van der Waals surface area contributed by atoms with E-state index in [1.165, 1.54) is 66.8 Å².